The molecule has 1 aromatic carbocycles. The van der Waals surface area contributed by atoms with Crippen LogP contribution in [0.1, 0.15) is 0 Å². The number of nitrogens with two attached hydrogens (primary N) is 2. The Labute approximate surface area is 132 Å². The molecule has 0 bridgehead atoms. The van der Waals surface area contributed by atoms with Gasteiger partial charge in [0.15, 0.2) is 0 Å². The van der Waals surface area contributed by atoms with E-state index in [-0.39, 0.29) is 36.8 Å². The standard InChI is InChI=1S/C10H15BrN4O4S2/c11-8-1-2-10(9(12)7-8)20(16,17)14-3-5-15(6-4-14)21(13,18)19/h1-2,7H,3-6,12H2,(H2,13,18,19). The summed E-state index contributed by atoms with van der Waals surface area (Å²) in [4.78, 5) is 0.00903. The number of benzene rings is 1. The summed E-state index contributed by atoms with van der Waals surface area (Å²) in [6.07, 6.45) is 0. The monoisotopic (exact) mass is 398 g/mol. The summed E-state index contributed by atoms with van der Waals surface area (Å²) in [6.45, 7) is 0.117. The second kappa shape index (κ2) is 5.82. The molecule has 11 heteroatoms. The average Bonchev–Trinajstić information content (AvgIpc) is 2.37. The maximum Gasteiger partial charge on any atom is 0.276 e. The van der Waals surface area contributed by atoms with Crippen molar-refractivity contribution in [2.45, 2.75) is 4.90 Å². The molecule has 2 rings (SSSR count). The number of anilines is 1. The lowest BCUT2D eigenvalue weighted by molar-refractivity contribution is 0.273. The van der Waals surface area contributed by atoms with Crippen molar-refractivity contribution in [1.82, 2.24) is 8.61 Å². The van der Waals surface area contributed by atoms with Gasteiger partial charge in [0.1, 0.15) is 4.90 Å². The summed E-state index contributed by atoms with van der Waals surface area (Å²) in [7, 11) is -7.55. The van der Waals surface area contributed by atoms with Gasteiger partial charge in [-0.3, -0.25) is 0 Å². The first-order valence-corrected chi connectivity index (χ1v) is 9.69. The van der Waals surface area contributed by atoms with Gasteiger partial charge in [0.05, 0.1) is 5.69 Å². The molecule has 0 radical (unpaired) electrons. The molecule has 0 unspecified atom stereocenters. The number of rotatable bonds is 3. The summed E-state index contributed by atoms with van der Waals surface area (Å²) in [6, 6.07) is 4.51. The summed E-state index contributed by atoms with van der Waals surface area (Å²) < 4.78 is 50.4. The molecule has 8 nitrogen and oxygen atoms in total. The van der Waals surface area contributed by atoms with Gasteiger partial charge >= 0.3 is 0 Å². The molecule has 21 heavy (non-hydrogen) atoms. The minimum atomic E-state index is -3.79. The highest BCUT2D eigenvalue weighted by molar-refractivity contribution is 9.10. The van der Waals surface area contributed by atoms with Crippen LogP contribution in [0, 0.1) is 0 Å². The summed E-state index contributed by atoms with van der Waals surface area (Å²) in [5, 5.41) is 5.02. The zero-order valence-electron chi connectivity index (χ0n) is 10.9. The molecule has 0 spiro atoms. The fourth-order valence-electron chi connectivity index (χ4n) is 2.06. The van der Waals surface area contributed by atoms with E-state index >= 15 is 0 Å². The first-order chi connectivity index (χ1) is 9.62. The van der Waals surface area contributed by atoms with E-state index in [0.29, 0.717) is 4.47 Å². The Balaban J connectivity index is 2.23. The van der Waals surface area contributed by atoms with Gasteiger partial charge in [0, 0.05) is 30.7 Å². The third kappa shape index (κ3) is 3.55. The molecule has 1 aliphatic heterocycles. The number of piperazine rings is 1. The Morgan fingerprint density at radius 3 is 2.00 bits per heavy atom. The Bertz CT molecular complexity index is 742. The van der Waals surface area contributed by atoms with Gasteiger partial charge in [-0.05, 0) is 18.2 Å². The van der Waals surface area contributed by atoms with Gasteiger partial charge in [-0.1, -0.05) is 15.9 Å². The first kappa shape index (κ1) is 16.6. The highest BCUT2D eigenvalue weighted by atomic mass is 79.9. The van der Waals surface area contributed by atoms with Crippen molar-refractivity contribution in [1.29, 1.82) is 0 Å². The van der Waals surface area contributed by atoms with E-state index < -0.39 is 20.2 Å². The lowest BCUT2D eigenvalue weighted by Crippen LogP contribution is -2.52. The van der Waals surface area contributed by atoms with Crippen LogP contribution in [0.25, 0.3) is 0 Å². The molecule has 0 aliphatic carbocycles. The predicted octanol–water partition coefficient (Wildman–Crippen LogP) is -0.459. The van der Waals surface area contributed by atoms with Crippen molar-refractivity contribution in [3.05, 3.63) is 22.7 Å². The largest absolute Gasteiger partial charge is 0.398 e. The van der Waals surface area contributed by atoms with E-state index in [1.165, 1.54) is 16.4 Å². The van der Waals surface area contributed by atoms with Crippen LogP contribution in [0.2, 0.25) is 0 Å². The van der Waals surface area contributed by atoms with Gasteiger partial charge < -0.3 is 5.73 Å². The van der Waals surface area contributed by atoms with Gasteiger partial charge in [0.2, 0.25) is 10.0 Å². The van der Waals surface area contributed by atoms with E-state index in [4.69, 9.17) is 10.9 Å². The highest BCUT2D eigenvalue weighted by Gasteiger charge is 2.32. The minimum absolute atomic E-state index is 0.00903. The third-order valence-electron chi connectivity index (χ3n) is 3.15. The van der Waals surface area contributed by atoms with Crippen molar-refractivity contribution < 1.29 is 16.8 Å². The quantitative estimate of drug-likeness (QED) is 0.665. The summed E-state index contributed by atoms with van der Waals surface area (Å²) in [5.41, 5.74) is 5.89. The van der Waals surface area contributed by atoms with Crippen molar-refractivity contribution >= 4 is 41.8 Å². The Hall–Kier alpha value is -0.720. The molecule has 0 aromatic heterocycles. The first-order valence-electron chi connectivity index (χ1n) is 5.95. The average molecular weight is 399 g/mol. The SMILES string of the molecule is Nc1cc(Br)ccc1S(=O)(=O)N1CCN(S(N)(=O)=O)CC1. The van der Waals surface area contributed by atoms with Crippen LogP contribution < -0.4 is 10.9 Å². The Kier molecular flexibility index (Phi) is 4.61. The minimum Gasteiger partial charge on any atom is -0.398 e. The number of hydrogen-bond donors (Lipinski definition) is 2. The molecular weight excluding hydrogens is 384 g/mol. The molecule has 0 saturated carbocycles. The topological polar surface area (TPSA) is 127 Å². The second-order valence-corrected chi connectivity index (χ2v) is 8.90. The molecule has 1 fully saturated rings. The highest BCUT2D eigenvalue weighted by Crippen LogP contribution is 2.26. The number of nitrogen functional groups attached to an aromatic ring is 1. The lowest BCUT2D eigenvalue weighted by Gasteiger charge is -2.32. The van der Waals surface area contributed by atoms with E-state index in [1.54, 1.807) is 6.07 Å². The van der Waals surface area contributed by atoms with Crippen LogP contribution in [0.5, 0.6) is 0 Å². The number of nitrogens with zero attached hydrogens (tertiary/aromatic N) is 2. The zero-order chi connectivity index (χ0) is 15.8. The van der Waals surface area contributed by atoms with E-state index in [0.717, 1.165) is 4.31 Å². The van der Waals surface area contributed by atoms with Crippen LogP contribution in [0.15, 0.2) is 27.6 Å². The molecular formula is C10H15BrN4O4S2. The van der Waals surface area contributed by atoms with Gasteiger partial charge in [0.25, 0.3) is 10.2 Å². The van der Waals surface area contributed by atoms with Crippen LogP contribution in [-0.4, -0.2) is 51.6 Å². The fraction of sp³-hybridized carbons (Fsp3) is 0.400. The molecule has 1 aliphatic rings. The van der Waals surface area contributed by atoms with Gasteiger partial charge in [-0.25, -0.2) is 13.6 Å². The van der Waals surface area contributed by atoms with Crippen LogP contribution in [-0.2, 0) is 20.2 Å². The molecule has 1 aromatic rings. The number of halogens is 1. The molecule has 118 valence electrons. The maximum atomic E-state index is 12.5. The van der Waals surface area contributed by atoms with E-state index in [1.807, 2.05) is 0 Å². The number of sulfonamides is 1. The molecule has 4 N–H and O–H groups in total. The van der Waals surface area contributed by atoms with Crippen molar-refractivity contribution in [3.63, 3.8) is 0 Å². The maximum absolute atomic E-state index is 12.5. The molecule has 0 atom stereocenters. The second-order valence-electron chi connectivity index (χ2n) is 4.53. The van der Waals surface area contributed by atoms with Gasteiger partial charge in [-0.15, -0.1) is 0 Å². The summed E-state index contributed by atoms with van der Waals surface area (Å²) >= 11 is 3.21. The lowest BCUT2D eigenvalue weighted by atomic mass is 10.3. The third-order valence-corrected chi connectivity index (χ3v) is 6.70. The molecule has 0 amide bonds. The molecule has 1 saturated heterocycles. The molecule has 1 heterocycles. The van der Waals surface area contributed by atoms with Crippen molar-refractivity contribution in [3.8, 4) is 0 Å². The number of hydrogen-bond acceptors (Lipinski definition) is 5. The van der Waals surface area contributed by atoms with Crippen LogP contribution in [0.4, 0.5) is 5.69 Å². The van der Waals surface area contributed by atoms with Crippen molar-refractivity contribution in [2.24, 2.45) is 5.14 Å². The van der Waals surface area contributed by atoms with E-state index in [9.17, 15) is 16.8 Å². The van der Waals surface area contributed by atoms with Gasteiger partial charge in [-0.2, -0.15) is 17.0 Å². The van der Waals surface area contributed by atoms with Crippen LogP contribution >= 0.6 is 15.9 Å². The smallest absolute Gasteiger partial charge is 0.276 e. The zero-order valence-corrected chi connectivity index (χ0v) is 14.2. The van der Waals surface area contributed by atoms with Crippen molar-refractivity contribution in [2.75, 3.05) is 31.9 Å². The fourth-order valence-corrected chi connectivity index (χ4v) is 4.63. The normalized spacial score (nSPS) is 18.8. The Morgan fingerprint density at radius 2 is 1.52 bits per heavy atom. The van der Waals surface area contributed by atoms with Crippen LogP contribution in [0.3, 0.4) is 0 Å². The predicted molar refractivity (Wildman–Crippen MR) is 82.0 cm³/mol. The summed E-state index contributed by atoms with van der Waals surface area (Å²) in [5.74, 6) is 0. The van der Waals surface area contributed by atoms with E-state index in [2.05, 4.69) is 15.9 Å². The Morgan fingerprint density at radius 1 is 1.00 bits per heavy atom.